The van der Waals surface area contributed by atoms with E-state index in [1.54, 1.807) is 42.5 Å². The standard InChI is InChI=1S/C18H19BrFNO.C9H10BrNO2.C8H10FN/c1-12(13-4-7-15(20)8-5-13)10-18(22)14-6-9-16(19)17(11-14)21(2)3;1-11(2)8-5-6(9(12)13)3-4-7(8)10;1-6(10)7-2-4-8(9)5-3-7/h4-9,11-12H,10H2,1-3H3;3-5H,1-2H3,(H,12,13);2-6H,10H2,1H3/t12-;;6-/m0.1/s1. The van der Waals surface area contributed by atoms with E-state index in [2.05, 4.69) is 31.9 Å². The molecule has 0 saturated carbocycles. The van der Waals surface area contributed by atoms with Gasteiger partial charge in [0, 0.05) is 55.2 Å². The zero-order chi connectivity index (χ0) is 33.8. The number of carboxylic acids is 1. The zero-order valence-electron chi connectivity index (χ0n) is 26.2. The maximum Gasteiger partial charge on any atom is 0.335 e. The van der Waals surface area contributed by atoms with E-state index in [0.717, 1.165) is 31.4 Å². The lowest BCUT2D eigenvalue weighted by Gasteiger charge is -2.16. The van der Waals surface area contributed by atoms with E-state index in [0.29, 0.717) is 17.5 Å². The van der Waals surface area contributed by atoms with Gasteiger partial charge in [0.05, 0.1) is 16.9 Å². The molecule has 0 aliphatic rings. The number of carboxylic acid groups (broad SMARTS) is 1. The van der Waals surface area contributed by atoms with Gasteiger partial charge in [0.2, 0.25) is 0 Å². The fraction of sp³-hybridized carbons (Fsp3) is 0.257. The van der Waals surface area contributed by atoms with Gasteiger partial charge in [-0.3, -0.25) is 4.79 Å². The minimum Gasteiger partial charge on any atom is -0.478 e. The topological polar surface area (TPSA) is 86.9 Å². The lowest BCUT2D eigenvalue weighted by atomic mass is 9.93. The van der Waals surface area contributed by atoms with Crippen molar-refractivity contribution in [1.29, 1.82) is 0 Å². The molecule has 0 bridgehead atoms. The van der Waals surface area contributed by atoms with Crippen LogP contribution in [0.5, 0.6) is 0 Å². The molecule has 4 rings (SSSR count). The molecule has 0 aliphatic heterocycles. The fourth-order valence-corrected chi connectivity index (χ4v) is 5.29. The molecule has 6 nitrogen and oxygen atoms in total. The highest BCUT2D eigenvalue weighted by molar-refractivity contribution is 9.11. The molecule has 2 atom stereocenters. The molecular weight excluding hydrogens is 708 g/mol. The first kappa shape index (κ1) is 37.6. The Hall–Kier alpha value is -3.60. The van der Waals surface area contributed by atoms with Crippen LogP contribution in [0.15, 0.2) is 93.9 Å². The highest BCUT2D eigenvalue weighted by Crippen LogP contribution is 2.28. The third-order valence-corrected chi connectivity index (χ3v) is 8.09. The summed E-state index contributed by atoms with van der Waals surface area (Å²) in [7, 11) is 7.61. The van der Waals surface area contributed by atoms with Gasteiger partial charge < -0.3 is 20.6 Å². The second kappa shape index (κ2) is 17.8. The van der Waals surface area contributed by atoms with Gasteiger partial charge in [0.25, 0.3) is 0 Å². The van der Waals surface area contributed by atoms with Gasteiger partial charge >= 0.3 is 5.97 Å². The number of carbonyl (C=O) groups excluding carboxylic acids is 1. The summed E-state index contributed by atoms with van der Waals surface area (Å²) in [6.07, 6.45) is 0.403. The van der Waals surface area contributed by atoms with Gasteiger partial charge in [-0.25, -0.2) is 13.6 Å². The molecule has 0 aliphatic carbocycles. The molecular formula is C35H39Br2F2N3O3. The number of halogens is 4. The van der Waals surface area contributed by atoms with Crippen LogP contribution in [0.3, 0.4) is 0 Å². The number of ketones is 1. The van der Waals surface area contributed by atoms with Crippen LogP contribution >= 0.6 is 31.9 Å². The minimum atomic E-state index is -0.907. The van der Waals surface area contributed by atoms with E-state index < -0.39 is 5.97 Å². The van der Waals surface area contributed by atoms with Gasteiger partial charge in [0.1, 0.15) is 11.6 Å². The number of Topliss-reactive ketones (excluding diaryl/α,β-unsaturated/α-hetero) is 1. The summed E-state index contributed by atoms with van der Waals surface area (Å²) in [4.78, 5) is 26.9. The highest BCUT2D eigenvalue weighted by atomic mass is 79.9. The zero-order valence-corrected chi connectivity index (χ0v) is 29.4. The first-order chi connectivity index (χ1) is 21.1. The third kappa shape index (κ3) is 12.0. The molecule has 0 saturated heterocycles. The summed E-state index contributed by atoms with van der Waals surface area (Å²) in [6, 6.07) is 23.1. The number of benzene rings is 4. The van der Waals surface area contributed by atoms with Crippen LogP contribution in [-0.2, 0) is 0 Å². The van der Waals surface area contributed by atoms with Gasteiger partial charge in [-0.1, -0.05) is 37.3 Å². The lowest BCUT2D eigenvalue weighted by molar-refractivity contribution is 0.0696. The van der Waals surface area contributed by atoms with Crippen LogP contribution in [0.4, 0.5) is 20.2 Å². The monoisotopic (exact) mass is 745 g/mol. The largest absolute Gasteiger partial charge is 0.478 e. The molecule has 0 aromatic heterocycles. The molecule has 0 unspecified atom stereocenters. The first-order valence-corrected chi connectivity index (χ1v) is 15.7. The second-order valence-corrected chi connectivity index (χ2v) is 12.6. The Labute approximate surface area is 281 Å². The smallest absolute Gasteiger partial charge is 0.335 e. The number of aromatic carboxylic acids is 1. The molecule has 10 heteroatoms. The summed E-state index contributed by atoms with van der Waals surface area (Å²) in [6.45, 7) is 3.85. The molecule has 4 aromatic carbocycles. The molecule has 0 spiro atoms. The van der Waals surface area contributed by atoms with Crippen molar-refractivity contribution in [1.82, 2.24) is 0 Å². The summed E-state index contributed by atoms with van der Waals surface area (Å²) in [5.74, 6) is -1.24. The molecule has 3 N–H and O–H groups in total. The van der Waals surface area contributed by atoms with Crippen LogP contribution in [0.2, 0.25) is 0 Å². The van der Waals surface area contributed by atoms with Gasteiger partial charge in [-0.05, 0) is 110 Å². The predicted octanol–water partition coefficient (Wildman–Crippen LogP) is 9.09. The van der Waals surface area contributed by atoms with Crippen LogP contribution in [0.1, 0.15) is 64.1 Å². The first-order valence-electron chi connectivity index (χ1n) is 14.1. The predicted molar refractivity (Wildman–Crippen MR) is 187 cm³/mol. The molecule has 4 aromatic rings. The van der Waals surface area contributed by atoms with Gasteiger partial charge in [-0.15, -0.1) is 0 Å². The van der Waals surface area contributed by atoms with Crippen LogP contribution in [0.25, 0.3) is 0 Å². The Morgan fingerprint density at radius 2 is 1.11 bits per heavy atom. The second-order valence-electron chi connectivity index (χ2n) is 10.8. The van der Waals surface area contributed by atoms with E-state index in [-0.39, 0.29) is 29.4 Å². The van der Waals surface area contributed by atoms with Crippen molar-refractivity contribution in [2.75, 3.05) is 38.0 Å². The summed E-state index contributed by atoms with van der Waals surface area (Å²) < 4.78 is 27.1. The van der Waals surface area contributed by atoms with E-state index in [4.69, 9.17) is 10.8 Å². The minimum absolute atomic E-state index is 0.0133. The van der Waals surface area contributed by atoms with E-state index >= 15 is 0 Å². The number of carbonyl (C=O) groups is 2. The van der Waals surface area contributed by atoms with Crippen LogP contribution in [0, 0.1) is 11.6 Å². The Morgan fingerprint density at radius 1 is 0.711 bits per heavy atom. The van der Waals surface area contributed by atoms with Crippen molar-refractivity contribution in [3.8, 4) is 0 Å². The maximum atomic E-state index is 13.0. The average molecular weight is 748 g/mol. The van der Waals surface area contributed by atoms with Crippen LogP contribution in [-0.4, -0.2) is 45.0 Å². The Bertz CT molecular complexity index is 1560. The molecule has 0 amide bonds. The van der Waals surface area contributed by atoms with Crippen molar-refractivity contribution < 1.29 is 23.5 Å². The average Bonchev–Trinajstić information content (AvgIpc) is 2.98. The number of rotatable bonds is 8. The molecule has 45 heavy (non-hydrogen) atoms. The lowest BCUT2D eigenvalue weighted by Crippen LogP contribution is -2.11. The summed E-state index contributed by atoms with van der Waals surface area (Å²) in [5.41, 5.74) is 10.3. The maximum absolute atomic E-state index is 13.0. The molecule has 0 radical (unpaired) electrons. The van der Waals surface area contributed by atoms with Crippen LogP contribution < -0.4 is 15.5 Å². The van der Waals surface area contributed by atoms with Crippen molar-refractivity contribution in [3.63, 3.8) is 0 Å². The number of hydrogen-bond acceptors (Lipinski definition) is 5. The van der Waals surface area contributed by atoms with Gasteiger partial charge in [-0.2, -0.15) is 0 Å². The fourth-order valence-electron chi connectivity index (χ4n) is 4.09. The van der Waals surface area contributed by atoms with E-state index in [1.165, 1.54) is 24.3 Å². The van der Waals surface area contributed by atoms with E-state index in [9.17, 15) is 18.4 Å². The van der Waals surface area contributed by atoms with Crippen molar-refractivity contribution >= 4 is 55.0 Å². The van der Waals surface area contributed by atoms with Gasteiger partial charge in [0.15, 0.2) is 5.78 Å². The number of nitrogens with two attached hydrogens (primary N) is 1. The van der Waals surface area contributed by atoms with E-state index in [1.807, 2.05) is 70.0 Å². The third-order valence-electron chi connectivity index (χ3n) is 6.75. The SMILES string of the molecule is CN(C)c1cc(C(=O)O)ccc1Br.C[C@@H](CC(=O)c1ccc(Br)c(N(C)C)c1)c1ccc(F)cc1.C[C@@H](N)c1ccc(F)cc1. The summed E-state index contributed by atoms with van der Waals surface area (Å²) >= 11 is 6.83. The normalized spacial score (nSPS) is 11.6. The summed E-state index contributed by atoms with van der Waals surface area (Å²) in [5, 5.41) is 8.75. The Balaban J connectivity index is 0.000000259. The number of nitrogens with zero attached hydrogens (tertiary/aromatic N) is 2. The quantitative estimate of drug-likeness (QED) is 0.175. The number of hydrogen-bond donors (Lipinski definition) is 2. The van der Waals surface area contributed by atoms with Crippen molar-refractivity contribution in [3.05, 3.63) is 128 Å². The number of anilines is 2. The highest BCUT2D eigenvalue weighted by Gasteiger charge is 2.15. The Kier molecular flexibility index (Phi) is 14.8. The van der Waals surface area contributed by atoms with Crippen molar-refractivity contribution in [2.45, 2.75) is 32.2 Å². The molecule has 240 valence electrons. The Morgan fingerprint density at radius 3 is 1.51 bits per heavy atom. The van der Waals surface area contributed by atoms with Crippen molar-refractivity contribution in [2.24, 2.45) is 5.73 Å². The molecule has 0 heterocycles. The molecule has 0 fully saturated rings.